The molecule has 1 fully saturated rings. The summed E-state index contributed by atoms with van der Waals surface area (Å²) in [6.07, 6.45) is 2.33. The summed E-state index contributed by atoms with van der Waals surface area (Å²) >= 11 is 0. The monoisotopic (exact) mass is 337 g/mol. The molecule has 0 spiro atoms. The summed E-state index contributed by atoms with van der Waals surface area (Å²) < 4.78 is 7.42. The van der Waals surface area contributed by atoms with Crippen LogP contribution in [0.15, 0.2) is 34.9 Å². The van der Waals surface area contributed by atoms with Crippen molar-refractivity contribution in [3.05, 3.63) is 53.1 Å². The van der Waals surface area contributed by atoms with Crippen molar-refractivity contribution >= 4 is 0 Å². The Hall–Kier alpha value is -2.47. The van der Waals surface area contributed by atoms with Crippen molar-refractivity contribution in [1.29, 1.82) is 0 Å². The quantitative estimate of drug-likeness (QED) is 0.730. The molecule has 0 radical (unpaired) electrons. The highest BCUT2D eigenvalue weighted by Gasteiger charge is 2.31. The van der Waals surface area contributed by atoms with E-state index in [1.54, 1.807) is 0 Å². The zero-order valence-corrected chi connectivity index (χ0v) is 14.9. The van der Waals surface area contributed by atoms with Crippen molar-refractivity contribution in [2.45, 2.75) is 39.3 Å². The van der Waals surface area contributed by atoms with E-state index < -0.39 is 0 Å². The summed E-state index contributed by atoms with van der Waals surface area (Å²) in [4.78, 5) is 7.02. The van der Waals surface area contributed by atoms with E-state index in [2.05, 4.69) is 34.0 Å². The predicted molar refractivity (Wildman–Crippen MR) is 94.8 cm³/mol. The van der Waals surface area contributed by atoms with E-state index in [1.165, 1.54) is 17.7 Å². The lowest BCUT2D eigenvalue weighted by Gasteiger charge is -2.23. The number of nitrogens with zero attached hydrogens (tertiary/aromatic N) is 5. The Bertz CT molecular complexity index is 867. The van der Waals surface area contributed by atoms with Gasteiger partial charge in [0.25, 0.3) is 5.89 Å². The molecule has 0 unspecified atom stereocenters. The molecule has 0 amide bonds. The smallest absolute Gasteiger partial charge is 0.257 e. The fraction of sp³-hybridized carbons (Fsp3) is 0.421. The Labute approximate surface area is 147 Å². The van der Waals surface area contributed by atoms with Crippen LogP contribution in [-0.2, 0) is 13.6 Å². The summed E-state index contributed by atoms with van der Waals surface area (Å²) in [5, 5.41) is 8.77. The second-order valence-corrected chi connectivity index (χ2v) is 6.72. The van der Waals surface area contributed by atoms with Gasteiger partial charge in [-0.2, -0.15) is 10.1 Å². The molecule has 0 aliphatic carbocycles. The molecule has 1 aliphatic heterocycles. The van der Waals surface area contributed by atoms with Crippen LogP contribution in [0.25, 0.3) is 11.5 Å². The predicted octanol–water partition coefficient (Wildman–Crippen LogP) is 3.42. The third-order valence-corrected chi connectivity index (χ3v) is 5.10. The van der Waals surface area contributed by atoms with Gasteiger partial charge in [-0.05, 0) is 45.4 Å². The molecule has 2 aromatic heterocycles. The van der Waals surface area contributed by atoms with E-state index in [4.69, 9.17) is 4.52 Å². The highest BCUT2D eigenvalue weighted by molar-refractivity contribution is 5.51. The van der Waals surface area contributed by atoms with Crippen molar-refractivity contribution in [2.24, 2.45) is 7.05 Å². The van der Waals surface area contributed by atoms with Gasteiger partial charge in [-0.15, -0.1) is 0 Å². The number of rotatable bonds is 4. The normalized spacial score (nSPS) is 18.1. The van der Waals surface area contributed by atoms with Crippen molar-refractivity contribution in [3.8, 4) is 11.5 Å². The molecule has 1 saturated heterocycles. The Morgan fingerprint density at radius 2 is 2.00 bits per heavy atom. The lowest BCUT2D eigenvalue weighted by atomic mass is 10.0. The second-order valence-electron chi connectivity index (χ2n) is 6.72. The lowest BCUT2D eigenvalue weighted by molar-refractivity contribution is 0.237. The van der Waals surface area contributed by atoms with Crippen LogP contribution < -0.4 is 0 Å². The first-order valence-electron chi connectivity index (χ1n) is 8.75. The summed E-state index contributed by atoms with van der Waals surface area (Å²) in [7, 11) is 2.01. The molecular weight excluding hydrogens is 314 g/mol. The number of benzene rings is 1. The first-order valence-corrected chi connectivity index (χ1v) is 8.75. The van der Waals surface area contributed by atoms with Gasteiger partial charge >= 0.3 is 0 Å². The van der Waals surface area contributed by atoms with Crippen LogP contribution in [0.3, 0.4) is 0 Å². The van der Waals surface area contributed by atoms with Crippen LogP contribution in [0, 0.1) is 13.8 Å². The van der Waals surface area contributed by atoms with E-state index >= 15 is 0 Å². The number of hydrogen-bond acceptors (Lipinski definition) is 5. The Kier molecular flexibility index (Phi) is 4.13. The SMILES string of the molecule is Cc1nn(C)c(C)c1[C@@H]1CCCN1Cc1noc(-c2ccccc2)n1. The summed E-state index contributed by atoms with van der Waals surface area (Å²) in [5.41, 5.74) is 4.67. The highest BCUT2D eigenvalue weighted by Crippen LogP contribution is 2.36. The third-order valence-electron chi connectivity index (χ3n) is 5.10. The van der Waals surface area contributed by atoms with Gasteiger partial charge in [0, 0.05) is 29.9 Å². The van der Waals surface area contributed by atoms with Crippen LogP contribution in [0.1, 0.15) is 41.7 Å². The minimum Gasteiger partial charge on any atom is -0.334 e. The zero-order valence-electron chi connectivity index (χ0n) is 14.9. The van der Waals surface area contributed by atoms with Gasteiger partial charge in [0.1, 0.15) is 0 Å². The van der Waals surface area contributed by atoms with E-state index in [1.807, 2.05) is 42.1 Å². The van der Waals surface area contributed by atoms with Crippen LogP contribution in [0.2, 0.25) is 0 Å². The molecule has 25 heavy (non-hydrogen) atoms. The van der Waals surface area contributed by atoms with Crippen LogP contribution >= 0.6 is 0 Å². The molecule has 0 bridgehead atoms. The largest absolute Gasteiger partial charge is 0.334 e. The Balaban J connectivity index is 1.55. The molecule has 6 heteroatoms. The highest BCUT2D eigenvalue weighted by atomic mass is 16.5. The Morgan fingerprint density at radius 3 is 2.72 bits per heavy atom. The zero-order chi connectivity index (χ0) is 17.4. The number of aromatic nitrogens is 4. The van der Waals surface area contributed by atoms with Crippen LogP contribution in [0.5, 0.6) is 0 Å². The molecular formula is C19H23N5O. The standard InChI is InChI=1S/C19H23N5O/c1-13-18(14(2)23(3)21-13)16-10-7-11-24(16)12-17-20-19(25-22-17)15-8-5-4-6-9-15/h4-6,8-9,16H,7,10-12H2,1-3H3/t16-/m0/s1. The fourth-order valence-corrected chi connectivity index (χ4v) is 3.81. The van der Waals surface area contributed by atoms with E-state index in [0.29, 0.717) is 18.5 Å². The molecule has 0 N–H and O–H groups in total. The topological polar surface area (TPSA) is 60.0 Å². The van der Waals surface area contributed by atoms with Gasteiger partial charge < -0.3 is 4.52 Å². The maximum absolute atomic E-state index is 5.45. The van der Waals surface area contributed by atoms with Crippen molar-refractivity contribution in [2.75, 3.05) is 6.54 Å². The molecule has 1 aliphatic rings. The molecule has 3 heterocycles. The van der Waals surface area contributed by atoms with Gasteiger partial charge in [0.05, 0.1) is 12.2 Å². The lowest BCUT2D eigenvalue weighted by Crippen LogP contribution is -2.24. The van der Waals surface area contributed by atoms with Gasteiger partial charge in [0.15, 0.2) is 5.82 Å². The number of hydrogen-bond donors (Lipinski definition) is 0. The van der Waals surface area contributed by atoms with Crippen molar-refractivity contribution in [3.63, 3.8) is 0 Å². The molecule has 3 aromatic rings. The third kappa shape index (κ3) is 2.98. The van der Waals surface area contributed by atoms with Crippen LogP contribution in [0.4, 0.5) is 0 Å². The first-order chi connectivity index (χ1) is 12.1. The average molecular weight is 337 g/mol. The Morgan fingerprint density at radius 1 is 1.20 bits per heavy atom. The minimum atomic E-state index is 0.382. The molecule has 4 rings (SSSR count). The fourth-order valence-electron chi connectivity index (χ4n) is 3.81. The minimum absolute atomic E-state index is 0.382. The molecule has 1 aromatic carbocycles. The van der Waals surface area contributed by atoms with Crippen molar-refractivity contribution < 1.29 is 4.52 Å². The molecule has 0 saturated carbocycles. The molecule has 1 atom stereocenters. The van der Waals surface area contributed by atoms with Gasteiger partial charge in [-0.1, -0.05) is 23.4 Å². The number of aryl methyl sites for hydroxylation is 2. The summed E-state index contributed by atoms with van der Waals surface area (Å²) in [5.74, 6) is 1.32. The van der Waals surface area contributed by atoms with Crippen LogP contribution in [-0.4, -0.2) is 31.4 Å². The van der Waals surface area contributed by atoms with E-state index in [-0.39, 0.29) is 0 Å². The van der Waals surface area contributed by atoms with E-state index in [9.17, 15) is 0 Å². The van der Waals surface area contributed by atoms with Gasteiger partial charge in [0.2, 0.25) is 0 Å². The van der Waals surface area contributed by atoms with E-state index in [0.717, 1.165) is 30.0 Å². The van der Waals surface area contributed by atoms with Gasteiger partial charge in [-0.3, -0.25) is 9.58 Å². The van der Waals surface area contributed by atoms with Gasteiger partial charge in [-0.25, -0.2) is 0 Å². The number of likely N-dealkylation sites (tertiary alicyclic amines) is 1. The summed E-state index contributed by atoms with van der Waals surface area (Å²) in [6, 6.07) is 10.3. The maximum Gasteiger partial charge on any atom is 0.257 e. The molecule has 130 valence electrons. The average Bonchev–Trinajstić information content (AvgIpc) is 3.31. The maximum atomic E-state index is 5.45. The molecule has 6 nitrogen and oxygen atoms in total. The van der Waals surface area contributed by atoms with Crippen molar-refractivity contribution in [1.82, 2.24) is 24.8 Å². The first kappa shape index (κ1) is 16.0. The second kappa shape index (κ2) is 6.44. The summed E-state index contributed by atoms with van der Waals surface area (Å²) in [6.45, 7) is 6.00.